The summed E-state index contributed by atoms with van der Waals surface area (Å²) in [4.78, 5) is 13.1. The number of carbonyl (C=O) groups excluding carboxylic acids is 1. The Balaban J connectivity index is 3.01. The van der Waals surface area contributed by atoms with Crippen LogP contribution in [0.25, 0.3) is 0 Å². The van der Waals surface area contributed by atoms with Gasteiger partial charge in [-0.3, -0.25) is 4.79 Å². The molecular formula is C11H14BrNO. The van der Waals surface area contributed by atoms with E-state index in [-0.39, 0.29) is 5.91 Å². The van der Waals surface area contributed by atoms with Crippen LogP contribution in [0.1, 0.15) is 11.1 Å². The van der Waals surface area contributed by atoms with E-state index in [2.05, 4.69) is 22.0 Å². The van der Waals surface area contributed by atoms with Gasteiger partial charge in [-0.1, -0.05) is 33.6 Å². The SMILES string of the molecule is Cc1ccc(N(C)C(=O)CBr)c(C)c1. The quantitative estimate of drug-likeness (QED) is 0.745. The van der Waals surface area contributed by atoms with Crippen LogP contribution in [0.15, 0.2) is 18.2 Å². The highest BCUT2D eigenvalue weighted by molar-refractivity contribution is 9.09. The fourth-order valence-corrected chi connectivity index (χ4v) is 1.78. The van der Waals surface area contributed by atoms with E-state index >= 15 is 0 Å². The molecule has 0 aliphatic rings. The molecule has 0 atom stereocenters. The molecule has 0 saturated heterocycles. The van der Waals surface area contributed by atoms with Crippen LogP contribution in [0.5, 0.6) is 0 Å². The van der Waals surface area contributed by atoms with Crippen molar-refractivity contribution in [3.8, 4) is 0 Å². The molecule has 0 aliphatic heterocycles. The number of rotatable bonds is 2. The van der Waals surface area contributed by atoms with E-state index in [1.54, 1.807) is 11.9 Å². The number of hydrogen-bond donors (Lipinski definition) is 0. The van der Waals surface area contributed by atoms with Crippen molar-refractivity contribution < 1.29 is 4.79 Å². The van der Waals surface area contributed by atoms with E-state index in [1.165, 1.54) is 5.56 Å². The van der Waals surface area contributed by atoms with Gasteiger partial charge in [0.15, 0.2) is 0 Å². The molecule has 1 aromatic carbocycles. The van der Waals surface area contributed by atoms with Crippen molar-refractivity contribution in [2.75, 3.05) is 17.3 Å². The second kappa shape index (κ2) is 4.60. The van der Waals surface area contributed by atoms with E-state index in [4.69, 9.17) is 0 Å². The third-order valence-electron chi connectivity index (χ3n) is 2.20. The van der Waals surface area contributed by atoms with Crippen molar-refractivity contribution in [3.63, 3.8) is 0 Å². The van der Waals surface area contributed by atoms with Crippen LogP contribution >= 0.6 is 15.9 Å². The molecule has 0 saturated carbocycles. The van der Waals surface area contributed by atoms with Gasteiger partial charge < -0.3 is 4.90 Å². The van der Waals surface area contributed by atoms with Gasteiger partial charge in [-0.15, -0.1) is 0 Å². The number of anilines is 1. The minimum absolute atomic E-state index is 0.0666. The van der Waals surface area contributed by atoms with Crippen LogP contribution < -0.4 is 4.90 Å². The Hall–Kier alpha value is -0.830. The number of amides is 1. The molecule has 1 rings (SSSR count). The van der Waals surface area contributed by atoms with Crippen molar-refractivity contribution >= 4 is 27.5 Å². The van der Waals surface area contributed by atoms with E-state index < -0.39 is 0 Å². The molecule has 14 heavy (non-hydrogen) atoms. The highest BCUT2D eigenvalue weighted by Crippen LogP contribution is 2.20. The van der Waals surface area contributed by atoms with E-state index in [9.17, 15) is 4.79 Å². The number of carbonyl (C=O) groups is 1. The molecule has 0 aliphatic carbocycles. The zero-order chi connectivity index (χ0) is 10.7. The van der Waals surface area contributed by atoms with E-state index in [0.29, 0.717) is 5.33 Å². The average molecular weight is 256 g/mol. The molecule has 0 radical (unpaired) electrons. The van der Waals surface area contributed by atoms with Crippen LogP contribution in [-0.4, -0.2) is 18.3 Å². The predicted octanol–water partition coefficient (Wildman–Crippen LogP) is 2.66. The maximum atomic E-state index is 11.4. The van der Waals surface area contributed by atoms with Gasteiger partial charge in [-0.25, -0.2) is 0 Å². The van der Waals surface area contributed by atoms with Crippen LogP contribution in [0.3, 0.4) is 0 Å². The maximum Gasteiger partial charge on any atom is 0.237 e. The molecule has 1 aromatic rings. The van der Waals surface area contributed by atoms with Crippen LogP contribution in [0.2, 0.25) is 0 Å². The summed E-state index contributed by atoms with van der Waals surface area (Å²) in [5.74, 6) is 0.0666. The molecule has 0 unspecified atom stereocenters. The molecule has 2 nitrogen and oxygen atoms in total. The second-order valence-corrected chi connectivity index (χ2v) is 3.94. The van der Waals surface area contributed by atoms with Crippen molar-refractivity contribution in [1.82, 2.24) is 0 Å². The number of aryl methyl sites for hydroxylation is 2. The topological polar surface area (TPSA) is 20.3 Å². The Labute approximate surface area is 93.0 Å². The lowest BCUT2D eigenvalue weighted by atomic mass is 10.1. The zero-order valence-electron chi connectivity index (χ0n) is 8.67. The minimum Gasteiger partial charge on any atom is -0.315 e. The second-order valence-electron chi connectivity index (χ2n) is 3.38. The fraction of sp³-hybridized carbons (Fsp3) is 0.364. The predicted molar refractivity (Wildman–Crippen MR) is 63.1 cm³/mol. The first-order valence-electron chi connectivity index (χ1n) is 4.46. The number of alkyl halides is 1. The molecule has 0 heterocycles. The smallest absolute Gasteiger partial charge is 0.237 e. The largest absolute Gasteiger partial charge is 0.315 e. The third kappa shape index (κ3) is 2.35. The van der Waals surface area contributed by atoms with Gasteiger partial charge in [0.1, 0.15) is 0 Å². The molecule has 0 fully saturated rings. The monoisotopic (exact) mass is 255 g/mol. The first-order valence-corrected chi connectivity index (χ1v) is 5.58. The first kappa shape index (κ1) is 11.2. The lowest BCUT2D eigenvalue weighted by Crippen LogP contribution is -2.27. The highest BCUT2D eigenvalue weighted by atomic mass is 79.9. The summed E-state index contributed by atoms with van der Waals surface area (Å²) in [5.41, 5.74) is 3.31. The zero-order valence-corrected chi connectivity index (χ0v) is 10.3. The lowest BCUT2D eigenvalue weighted by Gasteiger charge is -2.18. The Morgan fingerprint density at radius 3 is 2.57 bits per heavy atom. The summed E-state index contributed by atoms with van der Waals surface area (Å²) in [6.45, 7) is 4.06. The van der Waals surface area contributed by atoms with Gasteiger partial charge >= 0.3 is 0 Å². The molecule has 3 heteroatoms. The summed E-state index contributed by atoms with van der Waals surface area (Å²) in [5, 5.41) is 0.358. The van der Waals surface area contributed by atoms with Gasteiger partial charge in [-0.05, 0) is 25.5 Å². The lowest BCUT2D eigenvalue weighted by molar-refractivity contribution is -0.115. The Bertz CT molecular complexity index is 349. The summed E-state index contributed by atoms with van der Waals surface area (Å²) in [6, 6.07) is 6.07. The van der Waals surface area contributed by atoms with E-state index in [1.807, 2.05) is 26.0 Å². The van der Waals surface area contributed by atoms with Crippen molar-refractivity contribution in [2.24, 2.45) is 0 Å². The van der Waals surface area contributed by atoms with Gasteiger partial charge in [0.25, 0.3) is 0 Å². The van der Waals surface area contributed by atoms with Crippen LogP contribution in [0, 0.1) is 13.8 Å². The molecule has 0 spiro atoms. The van der Waals surface area contributed by atoms with Crippen molar-refractivity contribution in [3.05, 3.63) is 29.3 Å². The van der Waals surface area contributed by atoms with Crippen LogP contribution in [0.4, 0.5) is 5.69 Å². The first-order chi connectivity index (χ1) is 6.56. The highest BCUT2D eigenvalue weighted by Gasteiger charge is 2.10. The Morgan fingerprint density at radius 2 is 2.07 bits per heavy atom. The number of hydrogen-bond acceptors (Lipinski definition) is 1. The Morgan fingerprint density at radius 1 is 1.43 bits per heavy atom. The molecule has 0 aromatic heterocycles. The number of nitrogens with zero attached hydrogens (tertiary/aromatic N) is 1. The number of halogens is 1. The van der Waals surface area contributed by atoms with Gasteiger partial charge in [0.2, 0.25) is 5.91 Å². The normalized spacial score (nSPS) is 10.0. The van der Waals surface area contributed by atoms with Gasteiger partial charge in [-0.2, -0.15) is 0 Å². The molecule has 0 bridgehead atoms. The third-order valence-corrected chi connectivity index (χ3v) is 2.68. The maximum absolute atomic E-state index is 11.4. The molecular weight excluding hydrogens is 242 g/mol. The van der Waals surface area contributed by atoms with Gasteiger partial charge in [0, 0.05) is 12.7 Å². The fourth-order valence-electron chi connectivity index (χ4n) is 1.41. The number of benzene rings is 1. The van der Waals surface area contributed by atoms with E-state index in [0.717, 1.165) is 11.3 Å². The van der Waals surface area contributed by atoms with Crippen molar-refractivity contribution in [1.29, 1.82) is 0 Å². The average Bonchev–Trinajstić information content (AvgIpc) is 2.15. The standard InChI is InChI=1S/C11H14BrNO/c1-8-4-5-10(9(2)6-8)13(3)11(14)7-12/h4-6H,7H2,1-3H3. The summed E-state index contributed by atoms with van der Waals surface area (Å²) in [7, 11) is 1.79. The minimum atomic E-state index is 0.0666. The van der Waals surface area contributed by atoms with Crippen LogP contribution in [-0.2, 0) is 4.79 Å². The molecule has 0 N–H and O–H groups in total. The summed E-state index contributed by atoms with van der Waals surface area (Å²) < 4.78 is 0. The molecule has 1 amide bonds. The molecule has 76 valence electrons. The van der Waals surface area contributed by atoms with Crippen molar-refractivity contribution in [2.45, 2.75) is 13.8 Å². The summed E-state index contributed by atoms with van der Waals surface area (Å²) >= 11 is 3.16. The van der Waals surface area contributed by atoms with Gasteiger partial charge in [0.05, 0.1) is 5.33 Å². The summed E-state index contributed by atoms with van der Waals surface area (Å²) in [6.07, 6.45) is 0. The Kier molecular flexibility index (Phi) is 3.69.